The normalized spacial score (nSPS) is 20.1. The molecule has 0 aromatic heterocycles. The van der Waals surface area contributed by atoms with Crippen molar-refractivity contribution in [3.8, 4) is 0 Å². The fourth-order valence-corrected chi connectivity index (χ4v) is 3.08. The maximum atomic E-state index is 12.4. The van der Waals surface area contributed by atoms with Gasteiger partial charge in [0.05, 0.1) is 13.2 Å². The smallest absolute Gasteiger partial charge is 0.409 e. The van der Waals surface area contributed by atoms with E-state index in [9.17, 15) is 9.59 Å². The van der Waals surface area contributed by atoms with Crippen molar-refractivity contribution in [3.63, 3.8) is 0 Å². The molecule has 0 bridgehead atoms. The first-order valence-electron chi connectivity index (χ1n) is 8.82. The Labute approximate surface area is 144 Å². The number of nitrogens with one attached hydrogen (secondary N) is 1. The average molecular weight is 342 g/mol. The molecule has 2 aliphatic rings. The molecule has 24 heavy (non-hydrogen) atoms. The lowest BCUT2D eigenvalue weighted by molar-refractivity contribution is 0.0922. The maximum Gasteiger partial charge on any atom is 0.409 e. The first-order chi connectivity index (χ1) is 11.6. The first kappa shape index (κ1) is 18.8. The standard InChI is InChI=1S/C16H30N4O4/c1-3-24-16(22)20-6-4-14(5-7-20)17-15(21)19-10-8-18(9-11-19)12-13-23-2/h14H,3-13H2,1-2H3,(H,17,21). The average Bonchev–Trinajstić information content (AvgIpc) is 2.61. The minimum absolute atomic E-state index is 0.0102. The number of ether oxygens (including phenoxy) is 2. The highest BCUT2D eigenvalue weighted by Crippen LogP contribution is 2.12. The van der Waals surface area contributed by atoms with Crippen molar-refractivity contribution in [3.05, 3.63) is 0 Å². The predicted octanol–water partition coefficient (Wildman–Crippen LogP) is 0.581. The number of hydrogen-bond donors (Lipinski definition) is 1. The fraction of sp³-hybridized carbons (Fsp3) is 0.875. The van der Waals surface area contributed by atoms with Gasteiger partial charge >= 0.3 is 12.1 Å². The van der Waals surface area contributed by atoms with Crippen LogP contribution in [0.2, 0.25) is 0 Å². The van der Waals surface area contributed by atoms with Crippen LogP contribution in [0.15, 0.2) is 0 Å². The minimum atomic E-state index is -0.255. The second-order valence-corrected chi connectivity index (χ2v) is 6.23. The molecule has 2 rings (SSSR count). The molecule has 2 fully saturated rings. The van der Waals surface area contributed by atoms with E-state index in [0.717, 1.165) is 52.2 Å². The molecule has 0 atom stereocenters. The third-order valence-electron chi connectivity index (χ3n) is 4.62. The van der Waals surface area contributed by atoms with E-state index >= 15 is 0 Å². The van der Waals surface area contributed by atoms with Crippen LogP contribution in [-0.4, -0.2) is 99.0 Å². The Morgan fingerprint density at radius 2 is 1.71 bits per heavy atom. The summed E-state index contributed by atoms with van der Waals surface area (Å²) in [5.74, 6) is 0. The Bertz CT molecular complexity index is 405. The number of rotatable bonds is 5. The van der Waals surface area contributed by atoms with Crippen molar-refractivity contribution in [2.24, 2.45) is 0 Å². The number of carbonyl (C=O) groups excluding carboxylic acids is 2. The van der Waals surface area contributed by atoms with E-state index in [1.807, 2.05) is 4.90 Å². The summed E-state index contributed by atoms with van der Waals surface area (Å²) in [6.45, 7) is 8.38. The lowest BCUT2D eigenvalue weighted by Gasteiger charge is -2.37. The lowest BCUT2D eigenvalue weighted by atomic mass is 10.1. The molecule has 0 saturated carbocycles. The SMILES string of the molecule is CCOC(=O)N1CCC(NC(=O)N2CCN(CCOC)CC2)CC1. The molecule has 2 saturated heterocycles. The minimum Gasteiger partial charge on any atom is -0.450 e. The Hall–Kier alpha value is -1.54. The highest BCUT2D eigenvalue weighted by Gasteiger charge is 2.27. The van der Waals surface area contributed by atoms with Gasteiger partial charge in [0.1, 0.15) is 0 Å². The molecule has 0 aromatic carbocycles. The number of amides is 3. The van der Waals surface area contributed by atoms with Gasteiger partial charge in [-0.15, -0.1) is 0 Å². The molecular formula is C16H30N4O4. The van der Waals surface area contributed by atoms with Gasteiger partial charge < -0.3 is 24.6 Å². The molecule has 8 heteroatoms. The molecule has 0 aliphatic carbocycles. The van der Waals surface area contributed by atoms with Crippen LogP contribution in [0.4, 0.5) is 9.59 Å². The molecule has 8 nitrogen and oxygen atoms in total. The van der Waals surface area contributed by atoms with E-state index < -0.39 is 0 Å². The van der Waals surface area contributed by atoms with Gasteiger partial charge in [0.15, 0.2) is 0 Å². The number of likely N-dealkylation sites (tertiary alicyclic amines) is 1. The van der Waals surface area contributed by atoms with Crippen LogP contribution < -0.4 is 5.32 Å². The van der Waals surface area contributed by atoms with E-state index in [2.05, 4.69) is 10.2 Å². The third-order valence-corrected chi connectivity index (χ3v) is 4.62. The van der Waals surface area contributed by atoms with Crippen LogP contribution >= 0.6 is 0 Å². The number of nitrogens with zero attached hydrogens (tertiary/aromatic N) is 3. The fourth-order valence-electron chi connectivity index (χ4n) is 3.08. The van der Waals surface area contributed by atoms with Gasteiger partial charge in [0, 0.05) is 59.0 Å². The first-order valence-corrected chi connectivity index (χ1v) is 8.82. The number of methoxy groups -OCH3 is 1. The van der Waals surface area contributed by atoms with Gasteiger partial charge in [-0.3, -0.25) is 4.90 Å². The van der Waals surface area contributed by atoms with Gasteiger partial charge in [-0.2, -0.15) is 0 Å². The molecule has 1 N–H and O–H groups in total. The van der Waals surface area contributed by atoms with E-state index in [-0.39, 0.29) is 18.2 Å². The van der Waals surface area contributed by atoms with Crippen LogP contribution in [0.5, 0.6) is 0 Å². The molecule has 2 heterocycles. The number of piperidine rings is 1. The zero-order chi connectivity index (χ0) is 17.4. The number of piperazine rings is 1. The predicted molar refractivity (Wildman–Crippen MR) is 90.0 cm³/mol. The Morgan fingerprint density at radius 3 is 2.29 bits per heavy atom. The van der Waals surface area contributed by atoms with E-state index in [4.69, 9.17) is 9.47 Å². The van der Waals surface area contributed by atoms with E-state index in [1.165, 1.54) is 0 Å². The van der Waals surface area contributed by atoms with Gasteiger partial charge in [-0.25, -0.2) is 9.59 Å². The molecular weight excluding hydrogens is 312 g/mol. The summed E-state index contributed by atoms with van der Waals surface area (Å²) in [4.78, 5) is 29.9. The van der Waals surface area contributed by atoms with Crippen LogP contribution in [-0.2, 0) is 9.47 Å². The second-order valence-electron chi connectivity index (χ2n) is 6.23. The number of hydrogen-bond acceptors (Lipinski definition) is 5. The Kier molecular flexibility index (Phi) is 7.58. The molecule has 0 spiro atoms. The van der Waals surface area contributed by atoms with Crippen molar-refractivity contribution in [2.45, 2.75) is 25.8 Å². The summed E-state index contributed by atoms with van der Waals surface area (Å²) in [5.41, 5.74) is 0. The van der Waals surface area contributed by atoms with Crippen molar-refractivity contribution in [1.29, 1.82) is 0 Å². The van der Waals surface area contributed by atoms with Crippen molar-refractivity contribution in [2.75, 3.05) is 66.1 Å². The summed E-state index contributed by atoms with van der Waals surface area (Å²) in [5, 5.41) is 3.10. The molecule has 0 aromatic rings. The largest absolute Gasteiger partial charge is 0.450 e. The lowest BCUT2D eigenvalue weighted by Crippen LogP contribution is -2.55. The van der Waals surface area contributed by atoms with Crippen molar-refractivity contribution >= 4 is 12.1 Å². The van der Waals surface area contributed by atoms with Crippen LogP contribution in [0.1, 0.15) is 19.8 Å². The molecule has 0 unspecified atom stereocenters. The monoisotopic (exact) mass is 342 g/mol. The maximum absolute atomic E-state index is 12.4. The summed E-state index contributed by atoms with van der Waals surface area (Å²) in [6, 6.07) is 0.144. The van der Waals surface area contributed by atoms with Crippen LogP contribution in [0, 0.1) is 0 Å². The molecule has 138 valence electrons. The highest BCUT2D eigenvalue weighted by atomic mass is 16.6. The van der Waals surface area contributed by atoms with Crippen LogP contribution in [0.25, 0.3) is 0 Å². The van der Waals surface area contributed by atoms with Gasteiger partial charge in [0.2, 0.25) is 0 Å². The number of carbonyl (C=O) groups is 2. The van der Waals surface area contributed by atoms with Crippen molar-refractivity contribution in [1.82, 2.24) is 20.0 Å². The van der Waals surface area contributed by atoms with Gasteiger partial charge in [-0.1, -0.05) is 0 Å². The van der Waals surface area contributed by atoms with E-state index in [0.29, 0.717) is 19.7 Å². The Balaban J connectivity index is 1.66. The van der Waals surface area contributed by atoms with Gasteiger partial charge in [0.25, 0.3) is 0 Å². The molecule has 3 amide bonds. The zero-order valence-corrected chi connectivity index (χ0v) is 14.8. The Morgan fingerprint density at radius 1 is 1.04 bits per heavy atom. The van der Waals surface area contributed by atoms with Gasteiger partial charge in [-0.05, 0) is 19.8 Å². The summed E-state index contributed by atoms with van der Waals surface area (Å²) >= 11 is 0. The number of urea groups is 1. The topological polar surface area (TPSA) is 74.4 Å². The van der Waals surface area contributed by atoms with Crippen LogP contribution in [0.3, 0.4) is 0 Å². The van der Waals surface area contributed by atoms with E-state index in [1.54, 1.807) is 18.9 Å². The second kappa shape index (κ2) is 9.68. The molecule has 2 aliphatic heterocycles. The highest BCUT2D eigenvalue weighted by molar-refractivity contribution is 5.74. The summed E-state index contributed by atoms with van der Waals surface area (Å²) in [7, 11) is 1.71. The molecule has 0 radical (unpaired) electrons. The zero-order valence-electron chi connectivity index (χ0n) is 14.8. The van der Waals surface area contributed by atoms with Crippen molar-refractivity contribution < 1.29 is 19.1 Å². The quantitative estimate of drug-likeness (QED) is 0.791. The summed E-state index contributed by atoms with van der Waals surface area (Å²) in [6.07, 6.45) is 1.30. The third kappa shape index (κ3) is 5.52. The summed E-state index contributed by atoms with van der Waals surface area (Å²) < 4.78 is 10.1.